The molecule has 0 saturated heterocycles. The summed E-state index contributed by atoms with van der Waals surface area (Å²) in [5.74, 6) is 0.0821. The van der Waals surface area contributed by atoms with Crippen LogP contribution in [-0.4, -0.2) is 43.7 Å². The van der Waals surface area contributed by atoms with Crippen molar-refractivity contribution >= 4 is 35.3 Å². The Morgan fingerprint density at radius 2 is 1.78 bits per heavy atom. The van der Waals surface area contributed by atoms with Crippen LogP contribution in [0.25, 0.3) is 0 Å². The summed E-state index contributed by atoms with van der Waals surface area (Å²) in [6.07, 6.45) is 6.14. The van der Waals surface area contributed by atoms with Crippen LogP contribution >= 0.6 is 23.5 Å². The second-order valence-electron chi connectivity index (χ2n) is 3.50. The molecule has 2 amide bonds. The quantitative estimate of drug-likeness (QED) is 0.760. The minimum atomic E-state index is -0.0400. The smallest absolute Gasteiger partial charge is 0.244 e. The average Bonchev–Trinajstić information content (AvgIpc) is 2.38. The number of rotatable bonds is 5. The maximum atomic E-state index is 10.7. The van der Waals surface area contributed by atoms with Gasteiger partial charge >= 0.3 is 0 Å². The minimum absolute atomic E-state index is 0.0400. The van der Waals surface area contributed by atoms with E-state index in [0.717, 1.165) is 4.91 Å². The lowest BCUT2D eigenvalue weighted by atomic mass is 10.3. The van der Waals surface area contributed by atoms with Crippen LogP contribution < -0.4 is 10.6 Å². The first-order valence-electron chi connectivity index (χ1n) is 5.58. The topological polar surface area (TPSA) is 58.2 Å². The van der Waals surface area contributed by atoms with Gasteiger partial charge in [0.1, 0.15) is 0 Å². The van der Waals surface area contributed by atoms with E-state index in [-0.39, 0.29) is 11.8 Å². The zero-order valence-corrected chi connectivity index (χ0v) is 13.6. The fourth-order valence-electron chi connectivity index (χ4n) is 0.762. The Hall–Kier alpha value is -0.620. The van der Waals surface area contributed by atoms with E-state index in [0.29, 0.717) is 11.7 Å². The SMILES string of the molecule is CNC(=O)C=C(C)SC.CNC(=O)C[C@H](C)SC. The molecule has 0 aromatic carbocycles. The lowest BCUT2D eigenvalue weighted by Gasteiger charge is -2.04. The highest BCUT2D eigenvalue weighted by Gasteiger charge is 2.03. The molecule has 6 heteroatoms. The molecule has 0 aliphatic heterocycles. The first kappa shape index (κ1) is 19.7. The molecule has 0 aromatic rings. The Labute approximate surface area is 119 Å². The maximum absolute atomic E-state index is 10.7. The summed E-state index contributed by atoms with van der Waals surface area (Å²) in [7, 11) is 3.28. The van der Waals surface area contributed by atoms with Gasteiger partial charge < -0.3 is 10.6 Å². The van der Waals surface area contributed by atoms with Gasteiger partial charge in [-0.15, -0.1) is 11.8 Å². The van der Waals surface area contributed by atoms with Gasteiger partial charge in [-0.05, 0) is 24.3 Å². The van der Waals surface area contributed by atoms with Gasteiger partial charge in [-0.1, -0.05) is 6.92 Å². The van der Waals surface area contributed by atoms with E-state index in [1.165, 1.54) is 0 Å². The second-order valence-corrected chi connectivity index (χ2v) is 5.83. The molecule has 0 aromatic heterocycles. The lowest BCUT2D eigenvalue weighted by molar-refractivity contribution is -0.120. The van der Waals surface area contributed by atoms with Crippen molar-refractivity contribution in [2.75, 3.05) is 26.6 Å². The average molecular weight is 292 g/mol. The fraction of sp³-hybridized carbons (Fsp3) is 0.667. The number of thioether (sulfide) groups is 2. The molecular formula is C12H24N2O2S2. The van der Waals surface area contributed by atoms with E-state index in [4.69, 9.17) is 0 Å². The van der Waals surface area contributed by atoms with Crippen molar-refractivity contribution in [3.63, 3.8) is 0 Å². The van der Waals surface area contributed by atoms with Crippen molar-refractivity contribution in [1.29, 1.82) is 0 Å². The van der Waals surface area contributed by atoms with E-state index >= 15 is 0 Å². The molecule has 0 saturated carbocycles. The number of carbonyl (C=O) groups is 2. The summed E-state index contributed by atoms with van der Waals surface area (Å²) in [5, 5.41) is 5.51. The second kappa shape index (κ2) is 12.8. The number of carbonyl (C=O) groups excluding carboxylic acids is 2. The summed E-state index contributed by atoms with van der Waals surface area (Å²) in [6.45, 7) is 3.94. The Bertz CT molecular complexity index is 281. The summed E-state index contributed by atoms with van der Waals surface area (Å²) in [4.78, 5) is 22.3. The van der Waals surface area contributed by atoms with Gasteiger partial charge in [0.2, 0.25) is 11.8 Å². The summed E-state index contributed by atoms with van der Waals surface area (Å²) in [6, 6.07) is 0. The molecule has 0 unspecified atom stereocenters. The van der Waals surface area contributed by atoms with Gasteiger partial charge in [0.05, 0.1) is 0 Å². The highest BCUT2D eigenvalue weighted by atomic mass is 32.2. The largest absolute Gasteiger partial charge is 0.359 e. The summed E-state index contributed by atoms with van der Waals surface area (Å²) in [5.41, 5.74) is 0. The molecular weight excluding hydrogens is 268 g/mol. The van der Waals surface area contributed by atoms with E-state index in [1.54, 1.807) is 43.7 Å². The lowest BCUT2D eigenvalue weighted by Crippen LogP contribution is -2.20. The highest BCUT2D eigenvalue weighted by molar-refractivity contribution is 8.02. The normalized spacial score (nSPS) is 12.0. The van der Waals surface area contributed by atoms with Gasteiger partial charge in [-0.2, -0.15) is 11.8 Å². The van der Waals surface area contributed by atoms with Crippen molar-refractivity contribution in [3.05, 3.63) is 11.0 Å². The van der Waals surface area contributed by atoms with Crippen LogP contribution in [0.2, 0.25) is 0 Å². The van der Waals surface area contributed by atoms with Crippen LogP contribution in [0.1, 0.15) is 20.3 Å². The molecule has 4 nitrogen and oxygen atoms in total. The van der Waals surface area contributed by atoms with Crippen LogP contribution in [0.5, 0.6) is 0 Å². The molecule has 1 atom stereocenters. The molecule has 0 radical (unpaired) electrons. The van der Waals surface area contributed by atoms with Crippen molar-refractivity contribution in [2.45, 2.75) is 25.5 Å². The van der Waals surface area contributed by atoms with Gasteiger partial charge in [-0.3, -0.25) is 9.59 Å². The van der Waals surface area contributed by atoms with Crippen molar-refractivity contribution in [1.82, 2.24) is 10.6 Å². The molecule has 0 heterocycles. The van der Waals surface area contributed by atoms with Crippen LogP contribution in [0, 0.1) is 0 Å². The van der Waals surface area contributed by atoms with E-state index in [2.05, 4.69) is 10.6 Å². The molecule has 0 spiro atoms. The third kappa shape index (κ3) is 13.4. The van der Waals surface area contributed by atoms with Crippen LogP contribution in [0.15, 0.2) is 11.0 Å². The van der Waals surface area contributed by atoms with Crippen LogP contribution in [0.4, 0.5) is 0 Å². The van der Waals surface area contributed by atoms with Gasteiger partial charge in [-0.25, -0.2) is 0 Å². The minimum Gasteiger partial charge on any atom is -0.359 e. The third-order valence-electron chi connectivity index (χ3n) is 2.06. The molecule has 2 N–H and O–H groups in total. The Kier molecular flexibility index (Phi) is 14.0. The zero-order chi connectivity index (χ0) is 14.6. The monoisotopic (exact) mass is 292 g/mol. The molecule has 18 heavy (non-hydrogen) atoms. The first-order valence-corrected chi connectivity index (χ1v) is 8.09. The molecule has 0 aliphatic rings. The Morgan fingerprint density at radius 1 is 1.22 bits per heavy atom. The molecule has 0 fully saturated rings. The maximum Gasteiger partial charge on any atom is 0.244 e. The molecule has 0 bridgehead atoms. The van der Waals surface area contributed by atoms with Gasteiger partial charge in [0.15, 0.2) is 0 Å². The van der Waals surface area contributed by atoms with Crippen LogP contribution in [-0.2, 0) is 9.59 Å². The summed E-state index contributed by atoms with van der Waals surface area (Å²) < 4.78 is 0. The molecule has 106 valence electrons. The van der Waals surface area contributed by atoms with Crippen molar-refractivity contribution in [2.24, 2.45) is 0 Å². The number of likely N-dealkylation sites (N-methyl/N-ethyl adjacent to an activating group) is 1. The van der Waals surface area contributed by atoms with Crippen LogP contribution in [0.3, 0.4) is 0 Å². The van der Waals surface area contributed by atoms with Gasteiger partial charge in [0, 0.05) is 31.8 Å². The predicted molar refractivity (Wildman–Crippen MR) is 83.0 cm³/mol. The first-order chi connectivity index (χ1) is 8.40. The number of allylic oxidation sites excluding steroid dienone is 1. The number of hydrogen-bond acceptors (Lipinski definition) is 4. The number of nitrogens with one attached hydrogen (secondary N) is 2. The Morgan fingerprint density at radius 3 is 2.11 bits per heavy atom. The standard InChI is InChI=1S/C6H13NOS.C6H11NOS/c2*1-5(9-3)4-6(8)7-2/h5H,4H2,1-3H3,(H,7,8);4H,1-3H3,(H,7,8)/t5-;/m0./s1. The van der Waals surface area contributed by atoms with Crippen molar-refractivity contribution in [3.8, 4) is 0 Å². The number of amides is 2. The highest BCUT2D eigenvalue weighted by Crippen LogP contribution is 2.08. The third-order valence-corrected chi connectivity index (χ3v) is 3.79. The van der Waals surface area contributed by atoms with E-state index < -0.39 is 0 Å². The molecule has 0 rings (SSSR count). The zero-order valence-electron chi connectivity index (χ0n) is 12.0. The predicted octanol–water partition coefficient (Wildman–Crippen LogP) is 1.87. The fourth-order valence-corrected chi connectivity index (χ4v) is 1.31. The Balaban J connectivity index is 0. The summed E-state index contributed by atoms with van der Waals surface area (Å²) >= 11 is 3.28. The van der Waals surface area contributed by atoms with E-state index in [9.17, 15) is 9.59 Å². The van der Waals surface area contributed by atoms with Gasteiger partial charge in [0.25, 0.3) is 0 Å². The van der Waals surface area contributed by atoms with Crippen molar-refractivity contribution < 1.29 is 9.59 Å². The van der Waals surface area contributed by atoms with E-state index in [1.807, 2.05) is 26.4 Å². The number of hydrogen-bond donors (Lipinski definition) is 2. The molecule has 0 aliphatic carbocycles.